The minimum Gasteiger partial charge on any atom is -0.471 e. The Morgan fingerprint density at radius 3 is 1.67 bits per heavy atom. The maximum absolute atomic E-state index is 11.6. The Morgan fingerprint density at radius 1 is 0.625 bits per heavy atom. The van der Waals surface area contributed by atoms with Crippen LogP contribution < -0.4 is 9.47 Å². The van der Waals surface area contributed by atoms with Crippen molar-refractivity contribution in [2.75, 3.05) is 12.5 Å². The van der Waals surface area contributed by atoms with Crippen LogP contribution in [0.4, 0.5) is 0 Å². The van der Waals surface area contributed by atoms with Crippen molar-refractivity contribution in [2.24, 2.45) is 0 Å². The topological polar surface area (TPSA) is 138 Å². The van der Waals surface area contributed by atoms with Crippen molar-refractivity contribution in [2.45, 2.75) is 36.9 Å². The minimum atomic E-state index is -3.21. The van der Waals surface area contributed by atoms with E-state index in [1.54, 1.807) is 83.6 Å². The van der Waals surface area contributed by atoms with Crippen molar-refractivity contribution in [1.82, 2.24) is 19.9 Å². The summed E-state index contributed by atoms with van der Waals surface area (Å²) in [6.45, 7) is 4.59. The number of aromatic nitrogens is 4. The second-order valence-electron chi connectivity index (χ2n) is 10.6. The number of sulfone groups is 2. The summed E-state index contributed by atoms with van der Waals surface area (Å²) in [5, 5.41) is 3.99. The van der Waals surface area contributed by atoms with Crippen LogP contribution in [0.25, 0.3) is 22.5 Å². The third-order valence-corrected chi connectivity index (χ3v) is 10.8. The first kappa shape index (κ1) is 34.8. The van der Waals surface area contributed by atoms with Gasteiger partial charge in [0, 0.05) is 33.4 Å². The number of nitrogens with zero attached hydrogens (tertiary/aromatic N) is 4. The lowest BCUT2D eigenvalue weighted by Gasteiger charge is -2.09. The van der Waals surface area contributed by atoms with Gasteiger partial charge in [0.05, 0.1) is 45.0 Å². The van der Waals surface area contributed by atoms with E-state index in [-0.39, 0.29) is 9.79 Å². The van der Waals surface area contributed by atoms with Gasteiger partial charge >= 0.3 is 0 Å². The second-order valence-corrected chi connectivity index (χ2v) is 16.7. The van der Waals surface area contributed by atoms with Gasteiger partial charge in [-0.25, -0.2) is 26.8 Å². The standard InChI is InChI=1S/2C17H16N2O3S2/c1-12-17(13-5-7-15(8-6-13)24(2,20)21)19-16(10-18-12)22-11-14-4-3-9-23-14;1-12-17(22-11-14-4-3-9-23-14)19-16(10-18-12)13-5-7-15(8-6-13)24(2,20)21/h2*3-10H,11H2,1-2H3. The van der Waals surface area contributed by atoms with Crippen LogP contribution in [0.2, 0.25) is 0 Å². The van der Waals surface area contributed by atoms with Crippen molar-refractivity contribution in [3.8, 4) is 34.3 Å². The van der Waals surface area contributed by atoms with E-state index in [1.807, 2.05) is 48.9 Å². The molecule has 0 saturated heterocycles. The van der Waals surface area contributed by atoms with Gasteiger partial charge in [0.2, 0.25) is 11.8 Å². The molecule has 0 aliphatic heterocycles. The van der Waals surface area contributed by atoms with Gasteiger partial charge < -0.3 is 9.47 Å². The molecule has 10 nitrogen and oxygen atoms in total. The summed E-state index contributed by atoms with van der Waals surface area (Å²) in [6.07, 6.45) is 5.62. The SMILES string of the molecule is Cc1ncc(-c2ccc(S(C)(=O)=O)cc2)nc1OCc1cccs1.Cc1ncc(OCc2cccs2)nc1-c1ccc(S(C)(=O)=O)cc1. The van der Waals surface area contributed by atoms with Crippen molar-refractivity contribution in [1.29, 1.82) is 0 Å². The normalized spacial score (nSPS) is 11.4. The number of hydrogen-bond acceptors (Lipinski definition) is 12. The monoisotopic (exact) mass is 720 g/mol. The predicted molar refractivity (Wildman–Crippen MR) is 188 cm³/mol. The number of ether oxygens (including phenoxy) is 2. The molecule has 14 heteroatoms. The largest absolute Gasteiger partial charge is 0.471 e. The molecule has 48 heavy (non-hydrogen) atoms. The fraction of sp³-hybridized carbons (Fsp3) is 0.176. The molecule has 0 fully saturated rings. The summed E-state index contributed by atoms with van der Waals surface area (Å²) in [4.78, 5) is 20.4. The van der Waals surface area contributed by atoms with Gasteiger partial charge in [0.25, 0.3) is 0 Å². The molecule has 0 saturated carbocycles. The van der Waals surface area contributed by atoms with Gasteiger partial charge in [0.15, 0.2) is 19.7 Å². The smallest absolute Gasteiger partial charge is 0.236 e. The first-order valence-electron chi connectivity index (χ1n) is 14.5. The quantitative estimate of drug-likeness (QED) is 0.146. The molecular weight excluding hydrogens is 689 g/mol. The van der Waals surface area contributed by atoms with Crippen molar-refractivity contribution in [3.05, 3.63) is 117 Å². The molecule has 0 N–H and O–H groups in total. The zero-order chi connectivity index (χ0) is 34.3. The van der Waals surface area contributed by atoms with Gasteiger partial charge in [-0.15, -0.1) is 22.7 Å². The Kier molecular flexibility index (Phi) is 11.0. The van der Waals surface area contributed by atoms with E-state index >= 15 is 0 Å². The average Bonchev–Trinajstić information content (AvgIpc) is 3.79. The van der Waals surface area contributed by atoms with E-state index in [0.717, 1.165) is 26.6 Å². The molecule has 0 radical (unpaired) electrons. The molecule has 4 aromatic heterocycles. The molecule has 4 heterocycles. The Bertz CT molecular complexity index is 2190. The van der Waals surface area contributed by atoms with Crippen LogP contribution in [0, 0.1) is 13.8 Å². The van der Waals surface area contributed by atoms with E-state index in [2.05, 4.69) is 19.9 Å². The molecule has 6 rings (SSSR count). The van der Waals surface area contributed by atoms with Crippen molar-refractivity contribution in [3.63, 3.8) is 0 Å². The highest BCUT2D eigenvalue weighted by molar-refractivity contribution is 7.91. The van der Waals surface area contributed by atoms with Gasteiger partial charge in [-0.1, -0.05) is 36.4 Å². The van der Waals surface area contributed by atoms with Crippen LogP contribution in [-0.4, -0.2) is 49.3 Å². The minimum absolute atomic E-state index is 0.278. The highest BCUT2D eigenvalue weighted by Gasteiger charge is 2.12. The highest BCUT2D eigenvalue weighted by Crippen LogP contribution is 2.25. The molecule has 2 aromatic carbocycles. The Labute approximate surface area is 288 Å². The molecule has 0 bridgehead atoms. The first-order valence-corrected chi connectivity index (χ1v) is 20.0. The third kappa shape index (κ3) is 9.31. The number of hydrogen-bond donors (Lipinski definition) is 0. The number of thiophene rings is 2. The van der Waals surface area contributed by atoms with Gasteiger partial charge in [-0.2, -0.15) is 0 Å². The molecule has 0 spiro atoms. The lowest BCUT2D eigenvalue weighted by Crippen LogP contribution is -2.01. The molecule has 0 aliphatic carbocycles. The summed E-state index contributed by atoms with van der Waals surface area (Å²) in [5.74, 6) is 0.921. The number of aryl methyl sites for hydroxylation is 2. The summed E-state index contributed by atoms with van der Waals surface area (Å²) >= 11 is 3.24. The van der Waals surface area contributed by atoms with Crippen LogP contribution in [0.1, 0.15) is 21.1 Å². The van der Waals surface area contributed by atoms with Gasteiger partial charge in [-0.05, 0) is 61.0 Å². The van der Waals surface area contributed by atoms with E-state index < -0.39 is 19.7 Å². The van der Waals surface area contributed by atoms with Gasteiger partial charge in [-0.3, -0.25) is 9.97 Å². The van der Waals surface area contributed by atoms with Crippen LogP contribution >= 0.6 is 22.7 Å². The van der Waals surface area contributed by atoms with E-state index in [0.29, 0.717) is 42.1 Å². The summed E-state index contributed by atoms with van der Waals surface area (Å²) in [6, 6.07) is 21.1. The van der Waals surface area contributed by atoms with Crippen LogP contribution in [0.15, 0.2) is 106 Å². The Balaban J connectivity index is 0.000000188. The second kappa shape index (κ2) is 15.2. The fourth-order valence-corrected chi connectivity index (χ4v) is 6.78. The fourth-order valence-electron chi connectivity index (χ4n) is 4.29. The average molecular weight is 721 g/mol. The summed E-state index contributed by atoms with van der Waals surface area (Å²) in [5.41, 5.74) is 4.37. The molecule has 248 valence electrons. The summed E-state index contributed by atoms with van der Waals surface area (Å²) in [7, 11) is -6.42. The Hall–Kier alpha value is -4.50. The third-order valence-electron chi connectivity index (χ3n) is 6.85. The first-order chi connectivity index (χ1) is 22.9. The molecule has 6 aromatic rings. The highest BCUT2D eigenvalue weighted by atomic mass is 32.2. The predicted octanol–water partition coefficient (Wildman–Crippen LogP) is 6.99. The summed E-state index contributed by atoms with van der Waals surface area (Å²) < 4.78 is 57.6. The molecule has 0 atom stereocenters. The number of rotatable bonds is 10. The zero-order valence-corrected chi connectivity index (χ0v) is 29.8. The molecular formula is C34H32N4O6S4. The van der Waals surface area contributed by atoms with Crippen LogP contribution in [0.3, 0.4) is 0 Å². The molecule has 0 unspecified atom stereocenters. The zero-order valence-electron chi connectivity index (χ0n) is 26.5. The van der Waals surface area contributed by atoms with E-state index in [1.165, 1.54) is 12.5 Å². The van der Waals surface area contributed by atoms with Crippen LogP contribution in [-0.2, 0) is 32.9 Å². The van der Waals surface area contributed by atoms with Crippen LogP contribution in [0.5, 0.6) is 11.8 Å². The van der Waals surface area contributed by atoms with E-state index in [9.17, 15) is 16.8 Å². The lowest BCUT2D eigenvalue weighted by molar-refractivity contribution is 0.293. The maximum atomic E-state index is 11.6. The van der Waals surface area contributed by atoms with E-state index in [4.69, 9.17) is 9.47 Å². The van der Waals surface area contributed by atoms with Crippen molar-refractivity contribution < 1.29 is 26.3 Å². The van der Waals surface area contributed by atoms with Gasteiger partial charge in [0.1, 0.15) is 13.2 Å². The number of benzene rings is 2. The lowest BCUT2D eigenvalue weighted by atomic mass is 10.1. The Morgan fingerprint density at radius 2 is 1.15 bits per heavy atom. The van der Waals surface area contributed by atoms with Crippen molar-refractivity contribution >= 4 is 42.3 Å². The molecule has 0 amide bonds. The molecule has 0 aliphatic rings. The maximum Gasteiger partial charge on any atom is 0.236 e.